The number of hydrogen-bond donors (Lipinski definition) is 5. The number of fused-ring (bicyclic) bond motifs is 1. The minimum Gasteiger partial charge on any atom is -0.507 e. The number of carboxylic acids is 1. The van der Waals surface area contributed by atoms with Crippen molar-refractivity contribution in [2.24, 2.45) is 0 Å². The van der Waals surface area contributed by atoms with Crippen molar-refractivity contribution in [3.05, 3.63) is 52.9 Å². The standard InChI is InChI=1S/C22H20O11/c1-30-10-4-2-9(3-5-10)12-8-31-14-7-11(6-13(23)15(14)16(12)24)32-22-19(27)17(25)18(26)20(33-22)21(28)29/h2-8,17-20,22-23,25-27H,1H3,(H,28,29). The average molecular weight is 460 g/mol. The molecule has 2 heterocycles. The zero-order valence-corrected chi connectivity index (χ0v) is 17.1. The maximum atomic E-state index is 13.0. The molecule has 4 rings (SSSR count). The molecule has 0 saturated carbocycles. The Bertz CT molecular complexity index is 1230. The highest BCUT2D eigenvalue weighted by molar-refractivity contribution is 5.88. The molecular formula is C22H20O11. The highest BCUT2D eigenvalue weighted by atomic mass is 16.7. The average Bonchev–Trinajstić information content (AvgIpc) is 2.79. The van der Waals surface area contributed by atoms with Crippen molar-refractivity contribution in [1.29, 1.82) is 0 Å². The van der Waals surface area contributed by atoms with Gasteiger partial charge in [-0.1, -0.05) is 12.1 Å². The van der Waals surface area contributed by atoms with Crippen molar-refractivity contribution < 1.29 is 49.0 Å². The predicted molar refractivity (Wildman–Crippen MR) is 111 cm³/mol. The fourth-order valence-corrected chi connectivity index (χ4v) is 3.53. The third-order valence-electron chi connectivity index (χ3n) is 5.30. The van der Waals surface area contributed by atoms with E-state index >= 15 is 0 Å². The van der Waals surface area contributed by atoms with Gasteiger partial charge >= 0.3 is 5.97 Å². The molecule has 11 heteroatoms. The van der Waals surface area contributed by atoms with E-state index in [1.807, 2.05) is 0 Å². The summed E-state index contributed by atoms with van der Waals surface area (Å²) in [4.78, 5) is 24.2. The minimum absolute atomic E-state index is 0.0482. The summed E-state index contributed by atoms with van der Waals surface area (Å²) in [7, 11) is 1.51. The molecule has 1 fully saturated rings. The summed E-state index contributed by atoms with van der Waals surface area (Å²) in [5.41, 5.74) is 0.176. The number of aliphatic hydroxyl groups excluding tert-OH is 3. The van der Waals surface area contributed by atoms with E-state index in [4.69, 9.17) is 23.7 Å². The van der Waals surface area contributed by atoms with Gasteiger partial charge in [0.1, 0.15) is 52.8 Å². The topological polar surface area (TPSA) is 176 Å². The number of hydrogen-bond acceptors (Lipinski definition) is 10. The number of aliphatic hydroxyl groups is 3. The van der Waals surface area contributed by atoms with Gasteiger partial charge in [0.25, 0.3) is 0 Å². The largest absolute Gasteiger partial charge is 0.507 e. The Labute approximate surface area is 185 Å². The Morgan fingerprint density at radius 1 is 1.00 bits per heavy atom. The molecular weight excluding hydrogens is 440 g/mol. The Balaban J connectivity index is 1.67. The fourth-order valence-electron chi connectivity index (χ4n) is 3.53. The summed E-state index contributed by atoms with van der Waals surface area (Å²) in [6.45, 7) is 0. The van der Waals surface area contributed by atoms with Gasteiger partial charge in [0.05, 0.1) is 12.7 Å². The van der Waals surface area contributed by atoms with Crippen molar-refractivity contribution in [3.8, 4) is 28.4 Å². The van der Waals surface area contributed by atoms with Crippen LogP contribution in [-0.2, 0) is 9.53 Å². The van der Waals surface area contributed by atoms with Crippen LogP contribution in [0.15, 0.2) is 51.9 Å². The van der Waals surface area contributed by atoms with Gasteiger partial charge in [-0.15, -0.1) is 0 Å². The lowest BCUT2D eigenvalue weighted by atomic mass is 9.99. The molecule has 11 nitrogen and oxygen atoms in total. The van der Waals surface area contributed by atoms with Crippen LogP contribution in [0, 0.1) is 0 Å². The molecule has 1 aromatic heterocycles. The summed E-state index contributed by atoms with van der Waals surface area (Å²) in [6, 6.07) is 8.94. The van der Waals surface area contributed by atoms with Crippen LogP contribution >= 0.6 is 0 Å². The summed E-state index contributed by atoms with van der Waals surface area (Å²) < 4.78 is 21.1. The van der Waals surface area contributed by atoms with E-state index in [1.54, 1.807) is 24.3 Å². The van der Waals surface area contributed by atoms with Crippen LogP contribution in [0.4, 0.5) is 0 Å². The lowest BCUT2D eigenvalue weighted by molar-refractivity contribution is -0.271. The Kier molecular flexibility index (Phi) is 5.95. The molecule has 174 valence electrons. The molecule has 0 aliphatic carbocycles. The van der Waals surface area contributed by atoms with E-state index in [1.165, 1.54) is 19.4 Å². The number of rotatable bonds is 5. The molecule has 1 saturated heterocycles. The van der Waals surface area contributed by atoms with E-state index in [-0.39, 0.29) is 22.3 Å². The van der Waals surface area contributed by atoms with Crippen LogP contribution in [0.2, 0.25) is 0 Å². The molecule has 0 spiro atoms. The second-order valence-corrected chi connectivity index (χ2v) is 7.38. The number of aromatic hydroxyl groups is 1. The van der Waals surface area contributed by atoms with E-state index < -0.39 is 47.9 Å². The molecule has 5 atom stereocenters. The van der Waals surface area contributed by atoms with Crippen LogP contribution in [0.5, 0.6) is 17.2 Å². The number of aliphatic carboxylic acids is 1. The number of carbonyl (C=O) groups is 1. The van der Waals surface area contributed by atoms with E-state index in [2.05, 4.69) is 0 Å². The van der Waals surface area contributed by atoms with Gasteiger partial charge in [-0.05, 0) is 17.7 Å². The van der Waals surface area contributed by atoms with Gasteiger partial charge in [-0.2, -0.15) is 0 Å². The van der Waals surface area contributed by atoms with Crippen molar-refractivity contribution in [1.82, 2.24) is 0 Å². The lowest BCUT2D eigenvalue weighted by Crippen LogP contribution is -2.61. The van der Waals surface area contributed by atoms with Gasteiger partial charge in [0.2, 0.25) is 11.7 Å². The van der Waals surface area contributed by atoms with Gasteiger partial charge in [-0.3, -0.25) is 4.79 Å². The van der Waals surface area contributed by atoms with E-state index in [9.17, 15) is 30.0 Å². The lowest BCUT2D eigenvalue weighted by Gasteiger charge is -2.38. The normalized spacial score (nSPS) is 25.0. The highest BCUT2D eigenvalue weighted by Crippen LogP contribution is 2.33. The van der Waals surface area contributed by atoms with Crippen LogP contribution in [0.1, 0.15) is 0 Å². The molecule has 0 bridgehead atoms. The van der Waals surface area contributed by atoms with Crippen LogP contribution in [0.3, 0.4) is 0 Å². The number of benzene rings is 2. The summed E-state index contributed by atoms with van der Waals surface area (Å²) >= 11 is 0. The van der Waals surface area contributed by atoms with Crippen molar-refractivity contribution in [3.63, 3.8) is 0 Å². The molecule has 0 amide bonds. The van der Waals surface area contributed by atoms with Crippen molar-refractivity contribution in [2.75, 3.05) is 7.11 Å². The van der Waals surface area contributed by atoms with Gasteiger partial charge < -0.3 is 44.2 Å². The first-order valence-electron chi connectivity index (χ1n) is 9.73. The summed E-state index contributed by atoms with van der Waals surface area (Å²) in [5, 5.41) is 49.2. The zero-order chi connectivity index (χ0) is 23.9. The smallest absolute Gasteiger partial charge is 0.335 e. The minimum atomic E-state index is -1.88. The Morgan fingerprint density at radius 2 is 1.70 bits per heavy atom. The highest BCUT2D eigenvalue weighted by Gasteiger charge is 2.48. The van der Waals surface area contributed by atoms with Gasteiger partial charge in [0, 0.05) is 12.1 Å². The van der Waals surface area contributed by atoms with Crippen LogP contribution in [0.25, 0.3) is 22.1 Å². The number of carboxylic acid groups (broad SMARTS) is 1. The first kappa shape index (κ1) is 22.6. The maximum Gasteiger partial charge on any atom is 0.335 e. The number of ether oxygens (including phenoxy) is 3. The molecule has 1 aliphatic heterocycles. The number of phenols is 1. The first-order valence-corrected chi connectivity index (χ1v) is 9.73. The second-order valence-electron chi connectivity index (χ2n) is 7.38. The quantitative estimate of drug-likeness (QED) is 0.357. The Hall–Kier alpha value is -3.64. The molecule has 0 radical (unpaired) electrons. The fraction of sp³-hybridized carbons (Fsp3) is 0.273. The molecule has 5 N–H and O–H groups in total. The maximum absolute atomic E-state index is 13.0. The van der Waals surface area contributed by atoms with Crippen molar-refractivity contribution >= 4 is 16.9 Å². The SMILES string of the molecule is COc1ccc(-c2coc3cc(OC4OC(C(=O)O)C(O)C(O)C4O)cc(O)c3c2=O)cc1. The molecule has 5 unspecified atom stereocenters. The Morgan fingerprint density at radius 3 is 2.33 bits per heavy atom. The zero-order valence-electron chi connectivity index (χ0n) is 17.1. The van der Waals surface area contributed by atoms with Crippen LogP contribution < -0.4 is 14.9 Å². The van der Waals surface area contributed by atoms with Gasteiger partial charge in [0.15, 0.2) is 6.10 Å². The third kappa shape index (κ3) is 4.10. The van der Waals surface area contributed by atoms with E-state index in [0.717, 1.165) is 6.07 Å². The third-order valence-corrected chi connectivity index (χ3v) is 5.30. The predicted octanol–water partition coefficient (Wildman–Crippen LogP) is 0.445. The molecule has 1 aliphatic rings. The summed E-state index contributed by atoms with van der Waals surface area (Å²) in [6.07, 6.45) is -7.86. The number of methoxy groups -OCH3 is 1. The van der Waals surface area contributed by atoms with Crippen molar-refractivity contribution in [2.45, 2.75) is 30.7 Å². The first-order chi connectivity index (χ1) is 15.7. The summed E-state index contributed by atoms with van der Waals surface area (Å²) in [5.74, 6) is -1.60. The van der Waals surface area contributed by atoms with E-state index in [0.29, 0.717) is 11.3 Å². The number of phenolic OH excluding ortho intramolecular Hbond substituents is 1. The monoisotopic (exact) mass is 460 g/mol. The molecule has 2 aromatic carbocycles. The molecule has 3 aromatic rings. The van der Waals surface area contributed by atoms with Crippen LogP contribution in [-0.4, -0.2) is 69.3 Å². The second kappa shape index (κ2) is 8.71. The molecule has 33 heavy (non-hydrogen) atoms. The van der Waals surface area contributed by atoms with Gasteiger partial charge in [-0.25, -0.2) is 4.79 Å².